The van der Waals surface area contributed by atoms with Gasteiger partial charge in [-0.3, -0.25) is 9.48 Å². The molecule has 1 unspecified atom stereocenters. The third-order valence-corrected chi connectivity index (χ3v) is 4.84. The fourth-order valence-corrected chi connectivity index (χ4v) is 3.16. The Labute approximate surface area is 143 Å². The van der Waals surface area contributed by atoms with Crippen molar-refractivity contribution >= 4 is 5.91 Å². The Kier molecular flexibility index (Phi) is 5.00. The standard InChI is InChI=1S/C19H26N4O/c1-22(2)16(9-14-7-5-4-6-8-14)12-20-19(24)18-10-17(18)15-11-21-23(3)13-15/h4-8,11,13,16-18H,9-10,12H2,1-3H3,(H,20,24)/t16?,17-,18+/m0/s1. The summed E-state index contributed by atoms with van der Waals surface area (Å²) in [5.74, 6) is 0.614. The van der Waals surface area contributed by atoms with Crippen molar-refractivity contribution in [1.29, 1.82) is 0 Å². The highest BCUT2D eigenvalue weighted by Gasteiger charge is 2.44. The minimum atomic E-state index is 0.105. The first-order valence-corrected chi connectivity index (χ1v) is 8.51. The Morgan fingerprint density at radius 2 is 2.12 bits per heavy atom. The van der Waals surface area contributed by atoms with E-state index >= 15 is 0 Å². The normalized spacial score (nSPS) is 20.8. The van der Waals surface area contributed by atoms with Gasteiger partial charge in [-0.25, -0.2) is 0 Å². The molecule has 1 heterocycles. The van der Waals surface area contributed by atoms with E-state index in [4.69, 9.17) is 0 Å². The maximum atomic E-state index is 12.4. The van der Waals surface area contributed by atoms with Crippen molar-refractivity contribution < 1.29 is 4.79 Å². The molecule has 0 radical (unpaired) electrons. The van der Waals surface area contributed by atoms with Crippen molar-refractivity contribution in [1.82, 2.24) is 20.0 Å². The van der Waals surface area contributed by atoms with Crippen LogP contribution in [0.3, 0.4) is 0 Å². The molecule has 0 spiro atoms. The Hall–Kier alpha value is -2.14. The monoisotopic (exact) mass is 326 g/mol. The minimum Gasteiger partial charge on any atom is -0.354 e. The third kappa shape index (κ3) is 4.03. The first-order chi connectivity index (χ1) is 11.5. The number of amides is 1. The molecule has 0 saturated heterocycles. The number of carbonyl (C=O) groups is 1. The molecule has 3 rings (SSSR count). The van der Waals surface area contributed by atoms with Crippen LogP contribution in [-0.4, -0.2) is 47.3 Å². The molecule has 5 heteroatoms. The average molecular weight is 326 g/mol. The molecular formula is C19H26N4O. The summed E-state index contributed by atoms with van der Waals surface area (Å²) in [6.07, 6.45) is 5.75. The van der Waals surface area contributed by atoms with Crippen LogP contribution in [0.5, 0.6) is 0 Å². The van der Waals surface area contributed by atoms with Gasteiger partial charge < -0.3 is 10.2 Å². The molecule has 1 aliphatic rings. The van der Waals surface area contributed by atoms with E-state index in [9.17, 15) is 4.79 Å². The van der Waals surface area contributed by atoms with Crippen LogP contribution in [-0.2, 0) is 18.3 Å². The first kappa shape index (κ1) is 16.7. The van der Waals surface area contributed by atoms with Gasteiger partial charge in [-0.2, -0.15) is 5.10 Å². The lowest BCUT2D eigenvalue weighted by Gasteiger charge is -2.25. The smallest absolute Gasteiger partial charge is 0.223 e. The van der Waals surface area contributed by atoms with Gasteiger partial charge in [-0.1, -0.05) is 30.3 Å². The van der Waals surface area contributed by atoms with E-state index < -0.39 is 0 Å². The van der Waals surface area contributed by atoms with Crippen molar-refractivity contribution in [2.75, 3.05) is 20.6 Å². The van der Waals surface area contributed by atoms with Gasteiger partial charge in [0.15, 0.2) is 0 Å². The van der Waals surface area contributed by atoms with E-state index in [0.29, 0.717) is 18.5 Å². The molecule has 1 saturated carbocycles. The number of rotatable bonds is 7. The first-order valence-electron chi connectivity index (χ1n) is 8.51. The van der Waals surface area contributed by atoms with Crippen molar-refractivity contribution in [2.24, 2.45) is 13.0 Å². The van der Waals surface area contributed by atoms with E-state index in [1.807, 2.05) is 25.5 Å². The molecule has 1 aromatic carbocycles. The van der Waals surface area contributed by atoms with E-state index in [2.05, 4.69) is 53.7 Å². The number of hydrogen-bond acceptors (Lipinski definition) is 3. The Balaban J connectivity index is 1.51. The van der Waals surface area contributed by atoms with Crippen molar-refractivity contribution in [3.8, 4) is 0 Å². The zero-order valence-electron chi connectivity index (χ0n) is 14.6. The van der Waals surface area contributed by atoms with Crippen LogP contribution in [0.2, 0.25) is 0 Å². The molecule has 5 nitrogen and oxygen atoms in total. The second-order valence-corrected chi connectivity index (χ2v) is 6.95. The fourth-order valence-electron chi connectivity index (χ4n) is 3.16. The van der Waals surface area contributed by atoms with E-state index in [1.165, 1.54) is 11.1 Å². The summed E-state index contributed by atoms with van der Waals surface area (Å²) >= 11 is 0. The van der Waals surface area contributed by atoms with E-state index in [1.54, 1.807) is 4.68 Å². The maximum Gasteiger partial charge on any atom is 0.223 e. The molecule has 2 aromatic rings. The van der Waals surface area contributed by atoms with Gasteiger partial charge in [0.05, 0.1) is 6.20 Å². The fraction of sp³-hybridized carbons (Fsp3) is 0.474. The van der Waals surface area contributed by atoms with Gasteiger partial charge in [-0.15, -0.1) is 0 Å². The van der Waals surface area contributed by atoms with Crippen molar-refractivity contribution in [3.05, 3.63) is 53.9 Å². The molecular weight excluding hydrogens is 300 g/mol. The summed E-state index contributed by atoms with van der Waals surface area (Å²) in [6.45, 7) is 0.678. The summed E-state index contributed by atoms with van der Waals surface area (Å²) in [6, 6.07) is 10.7. The number of benzene rings is 1. The highest BCUT2D eigenvalue weighted by atomic mass is 16.2. The second-order valence-electron chi connectivity index (χ2n) is 6.95. The summed E-state index contributed by atoms with van der Waals surface area (Å²) < 4.78 is 1.80. The Morgan fingerprint density at radius 1 is 1.38 bits per heavy atom. The zero-order chi connectivity index (χ0) is 17.1. The van der Waals surface area contributed by atoms with Crippen LogP contribution in [0.15, 0.2) is 42.7 Å². The molecule has 3 atom stereocenters. The molecule has 1 aliphatic carbocycles. The Bertz CT molecular complexity index is 680. The van der Waals surface area contributed by atoms with Crippen molar-refractivity contribution in [3.63, 3.8) is 0 Å². The summed E-state index contributed by atoms with van der Waals surface area (Å²) in [7, 11) is 6.04. The van der Waals surface area contributed by atoms with Crippen LogP contribution in [0.25, 0.3) is 0 Å². The maximum absolute atomic E-state index is 12.4. The second kappa shape index (κ2) is 7.18. The lowest BCUT2D eigenvalue weighted by Crippen LogP contribution is -2.42. The number of hydrogen-bond donors (Lipinski definition) is 1. The van der Waals surface area contributed by atoms with Crippen LogP contribution < -0.4 is 5.32 Å². The summed E-state index contributed by atoms with van der Waals surface area (Å²) in [5, 5.41) is 7.34. The van der Waals surface area contributed by atoms with Crippen LogP contribution in [0.4, 0.5) is 0 Å². The van der Waals surface area contributed by atoms with E-state index in [-0.39, 0.29) is 11.8 Å². The van der Waals surface area contributed by atoms with Gasteiger partial charge in [-0.05, 0) is 44.0 Å². The van der Waals surface area contributed by atoms with Crippen LogP contribution in [0, 0.1) is 5.92 Å². The van der Waals surface area contributed by atoms with Gasteiger partial charge >= 0.3 is 0 Å². The van der Waals surface area contributed by atoms with Gasteiger partial charge in [0, 0.05) is 31.7 Å². The van der Waals surface area contributed by atoms with Crippen LogP contribution >= 0.6 is 0 Å². The lowest BCUT2D eigenvalue weighted by molar-refractivity contribution is -0.122. The predicted octanol–water partition coefficient (Wildman–Crippen LogP) is 1.81. The van der Waals surface area contributed by atoms with Gasteiger partial charge in [0.25, 0.3) is 0 Å². The number of aryl methyl sites for hydroxylation is 1. The molecule has 1 N–H and O–H groups in total. The third-order valence-electron chi connectivity index (χ3n) is 4.84. The number of aromatic nitrogens is 2. The molecule has 0 bridgehead atoms. The number of likely N-dealkylation sites (N-methyl/N-ethyl adjacent to an activating group) is 1. The average Bonchev–Trinajstić information content (AvgIpc) is 3.26. The molecule has 1 amide bonds. The highest BCUT2D eigenvalue weighted by molar-refractivity contribution is 5.82. The molecule has 1 fully saturated rings. The largest absolute Gasteiger partial charge is 0.354 e. The molecule has 24 heavy (non-hydrogen) atoms. The SMILES string of the molecule is CN(C)C(CNC(=O)[C@@H]1C[C@H]1c1cnn(C)c1)Cc1ccccc1. The number of nitrogens with zero attached hydrogens (tertiary/aromatic N) is 3. The number of carbonyl (C=O) groups excluding carboxylic acids is 1. The van der Waals surface area contributed by atoms with Gasteiger partial charge in [0.2, 0.25) is 5.91 Å². The van der Waals surface area contributed by atoms with Crippen molar-refractivity contribution in [2.45, 2.75) is 24.8 Å². The molecule has 0 aliphatic heterocycles. The quantitative estimate of drug-likeness (QED) is 0.844. The van der Waals surface area contributed by atoms with Gasteiger partial charge in [0.1, 0.15) is 0 Å². The zero-order valence-corrected chi connectivity index (χ0v) is 14.6. The topological polar surface area (TPSA) is 50.2 Å². The van der Waals surface area contributed by atoms with Crippen LogP contribution in [0.1, 0.15) is 23.5 Å². The highest BCUT2D eigenvalue weighted by Crippen LogP contribution is 2.47. The summed E-state index contributed by atoms with van der Waals surface area (Å²) in [4.78, 5) is 14.6. The minimum absolute atomic E-state index is 0.105. The molecule has 128 valence electrons. The van der Waals surface area contributed by atoms with E-state index in [0.717, 1.165) is 12.8 Å². The lowest BCUT2D eigenvalue weighted by atomic mass is 10.1. The number of nitrogens with one attached hydrogen (secondary N) is 1. The molecule has 1 aromatic heterocycles. The predicted molar refractivity (Wildman–Crippen MR) is 94.7 cm³/mol. The Morgan fingerprint density at radius 3 is 2.75 bits per heavy atom. The summed E-state index contributed by atoms with van der Waals surface area (Å²) in [5.41, 5.74) is 2.47.